The summed E-state index contributed by atoms with van der Waals surface area (Å²) in [6, 6.07) is 5.13. The third kappa shape index (κ3) is 2.57. The third-order valence-corrected chi connectivity index (χ3v) is 7.40. The summed E-state index contributed by atoms with van der Waals surface area (Å²) in [4.78, 5) is 27.7. The second kappa shape index (κ2) is 6.54. The van der Waals surface area contributed by atoms with E-state index in [-0.39, 0.29) is 5.12 Å². The van der Waals surface area contributed by atoms with Crippen molar-refractivity contribution in [3.05, 3.63) is 40.1 Å². The van der Waals surface area contributed by atoms with Gasteiger partial charge in [0.15, 0.2) is 5.60 Å². The number of halogens is 1. The Bertz CT molecular complexity index is 870. The fourth-order valence-corrected chi connectivity index (χ4v) is 5.72. The fraction of sp³-hybridized carbons (Fsp3) is 0.500. The molecule has 4 rings (SSSR count). The Labute approximate surface area is 167 Å². The average Bonchev–Trinajstić information content (AvgIpc) is 2.98. The van der Waals surface area contributed by atoms with Crippen LogP contribution in [0.25, 0.3) is 0 Å². The predicted molar refractivity (Wildman–Crippen MR) is 106 cm³/mol. The maximum absolute atomic E-state index is 13.5. The average molecular weight is 408 g/mol. The first-order valence-electron chi connectivity index (χ1n) is 9.22. The van der Waals surface area contributed by atoms with Gasteiger partial charge in [-0.15, -0.1) is 0 Å². The second-order valence-corrected chi connectivity index (χ2v) is 9.30. The van der Waals surface area contributed by atoms with Crippen LogP contribution in [0.3, 0.4) is 0 Å². The molecule has 0 aliphatic carbocycles. The first-order valence-corrected chi connectivity index (χ1v) is 10.4. The Hall–Kier alpha value is -1.50. The number of anilines is 1. The van der Waals surface area contributed by atoms with Gasteiger partial charge in [-0.1, -0.05) is 36.2 Å². The van der Waals surface area contributed by atoms with Gasteiger partial charge in [-0.3, -0.25) is 9.59 Å². The van der Waals surface area contributed by atoms with Crippen LogP contribution in [0.1, 0.15) is 45.1 Å². The van der Waals surface area contributed by atoms with Crippen molar-refractivity contribution in [2.45, 2.75) is 49.9 Å². The van der Waals surface area contributed by atoms with Crippen LogP contribution in [0.2, 0.25) is 5.02 Å². The predicted octanol–water partition coefficient (Wildman–Crippen LogP) is 3.77. The van der Waals surface area contributed by atoms with Crippen LogP contribution in [-0.2, 0) is 19.9 Å². The SMILES string of the molecule is CC1=C2OCCCCCCN3C(=O)C(O)(c4cc(Cl)ccc43)C2(C)SC1=O. The minimum absolute atomic E-state index is 0.175. The molecule has 27 heavy (non-hydrogen) atoms. The molecule has 3 aliphatic rings. The highest BCUT2D eigenvalue weighted by Gasteiger charge is 2.66. The molecule has 0 radical (unpaired) electrons. The van der Waals surface area contributed by atoms with E-state index in [1.54, 1.807) is 36.9 Å². The zero-order valence-electron chi connectivity index (χ0n) is 15.4. The second-order valence-electron chi connectivity index (χ2n) is 7.47. The summed E-state index contributed by atoms with van der Waals surface area (Å²) < 4.78 is 4.77. The van der Waals surface area contributed by atoms with E-state index in [1.165, 1.54) is 0 Å². The van der Waals surface area contributed by atoms with Crippen molar-refractivity contribution in [1.82, 2.24) is 0 Å². The van der Waals surface area contributed by atoms with Gasteiger partial charge >= 0.3 is 0 Å². The van der Waals surface area contributed by atoms with Gasteiger partial charge in [-0.05, 0) is 44.9 Å². The van der Waals surface area contributed by atoms with Crippen molar-refractivity contribution in [1.29, 1.82) is 0 Å². The number of fused-ring (bicyclic) bond motifs is 7. The molecular weight excluding hydrogens is 386 g/mol. The molecule has 3 heterocycles. The summed E-state index contributed by atoms with van der Waals surface area (Å²) in [6.07, 6.45) is 3.67. The Morgan fingerprint density at radius 3 is 2.74 bits per heavy atom. The summed E-state index contributed by atoms with van der Waals surface area (Å²) in [6.45, 7) is 4.41. The van der Waals surface area contributed by atoms with Gasteiger partial charge < -0.3 is 14.7 Å². The molecule has 0 spiro atoms. The number of benzene rings is 1. The smallest absolute Gasteiger partial charge is 0.265 e. The van der Waals surface area contributed by atoms with Crippen molar-refractivity contribution >= 4 is 40.1 Å². The molecule has 144 valence electrons. The number of carbonyl (C=O) groups excluding carboxylic acids is 2. The molecule has 2 bridgehead atoms. The van der Waals surface area contributed by atoms with Crippen molar-refractivity contribution in [2.75, 3.05) is 18.1 Å². The Morgan fingerprint density at radius 2 is 1.96 bits per heavy atom. The first kappa shape index (κ1) is 18.8. The van der Waals surface area contributed by atoms with Crippen LogP contribution in [-0.4, -0.2) is 34.0 Å². The fourth-order valence-electron chi connectivity index (χ4n) is 4.28. The number of rotatable bonds is 0. The highest BCUT2D eigenvalue weighted by atomic mass is 35.5. The summed E-state index contributed by atoms with van der Waals surface area (Å²) in [5.74, 6) is -0.0133. The molecule has 1 aromatic rings. The summed E-state index contributed by atoms with van der Waals surface area (Å²) in [7, 11) is 0. The van der Waals surface area contributed by atoms with Gasteiger partial charge in [0.2, 0.25) is 5.12 Å². The van der Waals surface area contributed by atoms with E-state index >= 15 is 0 Å². The van der Waals surface area contributed by atoms with Crippen LogP contribution < -0.4 is 4.90 Å². The lowest BCUT2D eigenvalue weighted by Crippen LogP contribution is -2.55. The third-order valence-electron chi connectivity index (χ3n) is 5.78. The maximum atomic E-state index is 13.5. The van der Waals surface area contributed by atoms with Gasteiger partial charge in [0.25, 0.3) is 5.91 Å². The standard InChI is InChI=1S/C20H22ClNO4S/c1-12-16-19(2,27-17(12)23)20(25)14-11-13(21)7-8-15(14)22(18(20)24)9-5-3-4-6-10-26-16/h7-8,11,25H,3-6,9-10H2,1-2H3. The molecule has 1 aromatic carbocycles. The molecule has 0 saturated carbocycles. The quantitative estimate of drug-likeness (QED) is 0.709. The molecule has 2 unspecified atom stereocenters. The van der Waals surface area contributed by atoms with Crippen LogP contribution in [0.5, 0.6) is 0 Å². The lowest BCUT2D eigenvalue weighted by Gasteiger charge is -2.39. The largest absolute Gasteiger partial charge is 0.496 e. The minimum atomic E-state index is -1.92. The van der Waals surface area contributed by atoms with Gasteiger partial charge in [-0.25, -0.2) is 0 Å². The summed E-state index contributed by atoms with van der Waals surface area (Å²) >= 11 is 7.17. The Kier molecular flexibility index (Phi) is 4.56. The van der Waals surface area contributed by atoms with E-state index in [1.807, 2.05) is 0 Å². The summed E-state index contributed by atoms with van der Waals surface area (Å²) in [5.41, 5.74) is -0.357. The molecule has 1 N–H and O–H groups in total. The molecule has 1 fully saturated rings. The monoisotopic (exact) mass is 407 g/mol. The molecular formula is C20H22ClNO4S. The van der Waals surface area contributed by atoms with Crippen molar-refractivity contribution in [3.63, 3.8) is 0 Å². The molecule has 3 aliphatic heterocycles. The van der Waals surface area contributed by atoms with Crippen LogP contribution in [0.4, 0.5) is 5.69 Å². The number of thioether (sulfide) groups is 1. The van der Waals surface area contributed by atoms with Gasteiger partial charge in [0.05, 0.1) is 12.3 Å². The molecule has 7 heteroatoms. The van der Waals surface area contributed by atoms with E-state index in [0.29, 0.717) is 40.8 Å². The van der Waals surface area contributed by atoms with Gasteiger partial charge in [-0.2, -0.15) is 0 Å². The Morgan fingerprint density at radius 1 is 1.22 bits per heavy atom. The van der Waals surface area contributed by atoms with Crippen molar-refractivity contribution < 1.29 is 19.4 Å². The van der Waals surface area contributed by atoms with Crippen LogP contribution >= 0.6 is 23.4 Å². The molecule has 1 amide bonds. The van der Waals surface area contributed by atoms with Crippen molar-refractivity contribution in [3.8, 4) is 0 Å². The number of hydrogen-bond acceptors (Lipinski definition) is 5. The highest BCUT2D eigenvalue weighted by Crippen LogP contribution is 2.59. The number of nitrogens with zero attached hydrogens (tertiary/aromatic N) is 1. The van der Waals surface area contributed by atoms with E-state index in [0.717, 1.165) is 37.4 Å². The van der Waals surface area contributed by atoms with E-state index < -0.39 is 16.3 Å². The first-order chi connectivity index (χ1) is 12.8. The van der Waals surface area contributed by atoms with Crippen molar-refractivity contribution in [2.24, 2.45) is 0 Å². The lowest BCUT2D eigenvalue weighted by molar-refractivity contribution is -0.139. The maximum Gasteiger partial charge on any atom is 0.265 e. The lowest BCUT2D eigenvalue weighted by atomic mass is 9.80. The topological polar surface area (TPSA) is 66.8 Å². The number of carbonyl (C=O) groups is 2. The number of ether oxygens (including phenoxy) is 1. The molecule has 5 nitrogen and oxygen atoms in total. The Balaban J connectivity index is 1.95. The molecule has 2 atom stereocenters. The van der Waals surface area contributed by atoms with E-state index in [4.69, 9.17) is 16.3 Å². The van der Waals surface area contributed by atoms with E-state index in [9.17, 15) is 14.7 Å². The minimum Gasteiger partial charge on any atom is -0.496 e. The zero-order chi connectivity index (χ0) is 19.4. The zero-order valence-corrected chi connectivity index (χ0v) is 17.0. The van der Waals surface area contributed by atoms with E-state index in [2.05, 4.69) is 0 Å². The van der Waals surface area contributed by atoms with Gasteiger partial charge in [0.1, 0.15) is 10.5 Å². The molecule has 1 saturated heterocycles. The number of aliphatic hydroxyl groups is 1. The number of hydrogen-bond donors (Lipinski definition) is 1. The highest BCUT2D eigenvalue weighted by molar-refractivity contribution is 8.16. The number of amides is 1. The summed E-state index contributed by atoms with van der Waals surface area (Å²) in [5, 5.41) is 12.1. The van der Waals surface area contributed by atoms with Gasteiger partial charge in [0, 0.05) is 22.7 Å². The van der Waals surface area contributed by atoms with Crippen LogP contribution in [0, 0.1) is 0 Å². The van der Waals surface area contributed by atoms with Crippen LogP contribution in [0.15, 0.2) is 29.5 Å². The normalized spacial score (nSPS) is 31.2. The molecule has 0 aromatic heterocycles.